The molecule has 0 radical (unpaired) electrons. The average molecular weight is 505 g/mol. The lowest BCUT2D eigenvalue weighted by atomic mass is 9.72. The number of aliphatic carboxylic acids is 1. The van der Waals surface area contributed by atoms with Gasteiger partial charge in [0.15, 0.2) is 0 Å². The van der Waals surface area contributed by atoms with Crippen LogP contribution in [0.4, 0.5) is 5.69 Å². The van der Waals surface area contributed by atoms with Crippen LogP contribution in [0.5, 0.6) is 5.75 Å². The minimum absolute atomic E-state index is 0.165. The van der Waals surface area contributed by atoms with Gasteiger partial charge in [-0.1, -0.05) is 62.4 Å². The number of carbonyl (C=O) groups excluding carboxylic acids is 3. The lowest BCUT2D eigenvalue weighted by Gasteiger charge is -2.35. The van der Waals surface area contributed by atoms with Gasteiger partial charge >= 0.3 is 11.9 Å². The monoisotopic (exact) mass is 504 g/mol. The van der Waals surface area contributed by atoms with E-state index in [0.29, 0.717) is 23.4 Å². The highest BCUT2D eigenvalue weighted by molar-refractivity contribution is 6.24. The zero-order valence-electron chi connectivity index (χ0n) is 21.1. The predicted molar refractivity (Wildman–Crippen MR) is 136 cm³/mol. The van der Waals surface area contributed by atoms with E-state index in [-0.39, 0.29) is 5.92 Å². The van der Waals surface area contributed by atoms with Crippen LogP contribution < -0.4 is 15.0 Å². The van der Waals surface area contributed by atoms with E-state index in [0.717, 1.165) is 37.7 Å². The Bertz CT molecular complexity index is 1240. The minimum Gasteiger partial charge on any atom is -0.480 e. The van der Waals surface area contributed by atoms with Crippen molar-refractivity contribution in [1.82, 2.24) is 5.32 Å². The van der Waals surface area contributed by atoms with Crippen molar-refractivity contribution in [2.45, 2.75) is 64.0 Å². The summed E-state index contributed by atoms with van der Waals surface area (Å²) in [6.45, 7) is 3.15. The number of imide groups is 1. The molecule has 2 heterocycles. The van der Waals surface area contributed by atoms with Crippen LogP contribution in [0.15, 0.2) is 48.5 Å². The molecule has 1 aliphatic carbocycles. The molecule has 5 rings (SSSR count). The maximum atomic E-state index is 14.0. The smallest absolute Gasteiger partial charge is 0.324 e. The van der Waals surface area contributed by atoms with E-state index >= 15 is 0 Å². The lowest BCUT2D eigenvalue weighted by molar-refractivity contribution is -0.150. The van der Waals surface area contributed by atoms with Gasteiger partial charge < -0.3 is 9.84 Å². The topological polar surface area (TPSA) is 113 Å². The molecular weight excluding hydrogens is 472 g/mol. The average Bonchev–Trinajstić information content (AvgIpc) is 3.34. The lowest BCUT2D eigenvalue weighted by Crippen LogP contribution is -2.57. The summed E-state index contributed by atoms with van der Waals surface area (Å²) in [5.74, 6) is -3.78. The van der Waals surface area contributed by atoms with Crippen molar-refractivity contribution in [1.29, 1.82) is 0 Å². The van der Waals surface area contributed by atoms with E-state index in [4.69, 9.17) is 4.74 Å². The van der Waals surface area contributed by atoms with Crippen LogP contribution in [0, 0.1) is 24.7 Å². The van der Waals surface area contributed by atoms with Crippen molar-refractivity contribution in [2.24, 2.45) is 17.8 Å². The maximum absolute atomic E-state index is 14.0. The molecule has 37 heavy (non-hydrogen) atoms. The highest BCUT2D eigenvalue weighted by Gasteiger charge is 2.69. The van der Waals surface area contributed by atoms with Gasteiger partial charge in [-0.05, 0) is 48.6 Å². The molecule has 0 bridgehead atoms. The molecule has 2 aliphatic heterocycles. The summed E-state index contributed by atoms with van der Waals surface area (Å²) in [6.07, 6.45) is 5.34. The van der Waals surface area contributed by atoms with Gasteiger partial charge in [-0.25, -0.2) is 4.90 Å². The summed E-state index contributed by atoms with van der Waals surface area (Å²) < 4.78 is 5.14. The Kier molecular flexibility index (Phi) is 6.62. The second kappa shape index (κ2) is 9.74. The molecule has 8 heteroatoms. The van der Waals surface area contributed by atoms with Crippen LogP contribution in [-0.4, -0.2) is 34.4 Å². The Labute approximate surface area is 216 Å². The summed E-state index contributed by atoms with van der Waals surface area (Å²) in [6, 6.07) is 13.2. The normalized spacial score (nSPS) is 27.8. The molecule has 0 aromatic heterocycles. The zero-order valence-corrected chi connectivity index (χ0v) is 21.1. The van der Waals surface area contributed by atoms with Gasteiger partial charge in [-0.2, -0.15) is 0 Å². The largest absolute Gasteiger partial charge is 0.480 e. The number of esters is 1. The summed E-state index contributed by atoms with van der Waals surface area (Å²) in [7, 11) is 0. The summed E-state index contributed by atoms with van der Waals surface area (Å²) in [4.78, 5) is 53.6. The van der Waals surface area contributed by atoms with Crippen LogP contribution in [0.3, 0.4) is 0 Å². The molecule has 4 atom stereocenters. The second-order valence-electron chi connectivity index (χ2n) is 10.6. The van der Waals surface area contributed by atoms with Gasteiger partial charge in [0.05, 0.1) is 17.5 Å². The van der Waals surface area contributed by atoms with Crippen molar-refractivity contribution in [3.05, 3.63) is 59.7 Å². The minimum atomic E-state index is -1.56. The number of nitrogens with zero attached hydrogens (tertiary/aromatic N) is 1. The number of aryl methyl sites for hydroxylation is 1. The number of carboxylic acids is 1. The third-order valence-corrected chi connectivity index (χ3v) is 8.23. The van der Waals surface area contributed by atoms with Gasteiger partial charge in [-0.15, -0.1) is 0 Å². The van der Waals surface area contributed by atoms with Crippen molar-refractivity contribution in [2.75, 3.05) is 4.90 Å². The van der Waals surface area contributed by atoms with Crippen LogP contribution in [0.25, 0.3) is 0 Å². The van der Waals surface area contributed by atoms with Crippen molar-refractivity contribution < 1.29 is 29.0 Å². The SMILES string of the molecule is CC(=O)Oc1ccc(C2NC(CC3CCCCC3)(C(=O)O)C3C(=O)N(c4ccccc4C)C(=O)C23)cc1. The number of carboxylic acid groups (broad SMARTS) is 1. The molecule has 0 spiro atoms. The molecule has 3 fully saturated rings. The number of hydrogen-bond acceptors (Lipinski definition) is 6. The summed E-state index contributed by atoms with van der Waals surface area (Å²) >= 11 is 0. The zero-order chi connectivity index (χ0) is 26.3. The quantitative estimate of drug-likeness (QED) is 0.345. The van der Waals surface area contributed by atoms with E-state index in [2.05, 4.69) is 5.32 Å². The predicted octanol–water partition coefficient (Wildman–Crippen LogP) is 4.16. The molecular formula is C29H32N2O6. The Hall–Kier alpha value is -3.52. The van der Waals surface area contributed by atoms with Crippen LogP contribution in [-0.2, 0) is 19.2 Å². The number of amides is 2. The van der Waals surface area contributed by atoms with E-state index in [1.807, 2.05) is 19.1 Å². The van der Waals surface area contributed by atoms with Gasteiger partial charge in [0.2, 0.25) is 11.8 Å². The first kappa shape index (κ1) is 25.1. The van der Waals surface area contributed by atoms with Gasteiger partial charge in [0.25, 0.3) is 0 Å². The molecule has 4 unspecified atom stereocenters. The number of anilines is 1. The Morgan fingerprint density at radius 1 is 1.03 bits per heavy atom. The third-order valence-electron chi connectivity index (χ3n) is 8.23. The van der Waals surface area contributed by atoms with Crippen molar-refractivity contribution in [3.63, 3.8) is 0 Å². The van der Waals surface area contributed by atoms with E-state index in [9.17, 15) is 24.3 Å². The molecule has 2 aromatic carbocycles. The molecule has 2 N–H and O–H groups in total. The highest BCUT2D eigenvalue weighted by atomic mass is 16.5. The van der Waals surface area contributed by atoms with Crippen molar-refractivity contribution in [3.8, 4) is 5.75 Å². The van der Waals surface area contributed by atoms with Crippen molar-refractivity contribution >= 4 is 29.4 Å². The molecule has 8 nitrogen and oxygen atoms in total. The van der Waals surface area contributed by atoms with Gasteiger partial charge in [-0.3, -0.25) is 24.5 Å². The van der Waals surface area contributed by atoms with E-state index < -0.39 is 47.2 Å². The third kappa shape index (κ3) is 4.33. The number of hydrogen-bond donors (Lipinski definition) is 2. The number of fused-ring (bicyclic) bond motifs is 1. The number of carbonyl (C=O) groups is 4. The number of rotatable bonds is 6. The fraction of sp³-hybridized carbons (Fsp3) is 0.448. The number of nitrogens with one attached hydrogen (secondary N) is 1. The second-order valence-corrected chi connectivity index (χ2v) is 10.6. The highest BCUT2D eigenvalue weighted by Crippen LogP contribution is 2.53. The van der Waals surface area contributed by atoms with E-state index in [1.165, 1.54) is 11.8 Å². The first-order valence-corrected chi connectivity index (χ1v) is 13.0. The first-order chi connectivity index (χ1) is 17.7. The first-order valence-electron chi connectivity index (χ1n) is 13.0. The summed E-state index contributed by atoms with van der Waals surface area (Å²) in [5, 5.41) is 14.0. The maximum Gasteiger partial charge on any atom is 0.324 e. The van der Waals surface area contributed by atoms with Gasteiger partial charge in [0, 0.05) is 13.0 Å². The molecule has 1 saturated carbocycles. The number of para-hydroxylation sites is 1. The Morgan fingerprint density at radius 2 is 1.70 bits per heavy atom. The molecule has 2 amide bonds. The van der Waals surface area contributed by atoms with Crippen LogP contribution in [0.2, 0.25) is 0 Å². The molecule has 3 aliphatic rings. The number of ether oxygens (including phenoxy) is 1. The fourth-order valence-corrected chi connectivity index (χ4v) is 6.57. The van der Waals surface area contributed by atoms with E-state index in [1.54, 1.807) is 36.4 Å². The van der Waals surface area contributed by atoms with Gasteiger partial charge in [0.1, 0.15) is 11.3 Å². The number of benzene rings is 2. The fourth-order valence-electron chi connectivity index (χ4n) is 6.57. The van der Waals surface area contributed by atoms with Crippen LogP contribution >= 0.6 is 0 Å². The van der Waals surface area contributed by atoms with Crippen LogP contribution in [0.1, 0.15) is 62.6 Å². The Morgan fingerprint density at radius 3 is 2.32 bits per heavy atom. The molecule has 194 valence electrons. The Balaban J connectivity index is 1.59. The molecule has 2 aromatic rings. The summed E-state index contributed by atoms with van der Waals surface area (Å²) in [5.41, 5.74) is 0.377. The molecule has 2 saturated heterocycles. The standard InChI is InChI=1S/C29H32N2O6/c1-17-8-6-7-11-22(17)31-26(33)23-24(27(31)34)29(28(35)36,16-19-9-4-3-5-10-19)30-25(23)20-12-14-21(15-13-20)37-18(2)32/h6-8,11-15,19,23-25,30H,3-5,9-10,16H2,1-2H3,(H,35,36).